The highest BCUT2D eigenvalue weighted by Crippen LogP contribution is 2.40. The lowest BCUT2D eigenvalue weighted by molar-refractivity contribution is 0.112. The van der Waals surface area contributed by atoms with Gasteiger partial charge < -0.3 is 10.2 Å². The average Bonchev–Trinajstić information content (AvgIpc) is 2.72. The van der Waals surface area contributed by atoms with Crippen molar-refractivity contribution in [2.45, 2.75) is 12.8 Å². The first-order valence-electron chi connectivity index (χ1n) is 6.10. The van der Waals surface area contributed by atoms with Crippen LogP contribution in [-0.2, 0) is 6.42 Å². The third kappa shape index (κ3) is 1.73. The quantitative estimate of drug-likeness (QED) is 0.811. The van der Waals surface area contributed by atoms with Gasteiger partial charge in [0.2, 0.25) is 11.8 Å². The summed E-state index contributed by atoms with van der Waals surface area (Å²) in [6, 6.07) is 6.75. The normalized spacial score (nSPS) is 13.3. The standard InChI is InChI=1S/C15H13NO3/c17-9-10-4-3-5-11(8-10)16-14(18)12-6-1-2-7-13(12)15(16)19/h1,3-6,8-9,18-19H,2,7H2. The fourth-order valence-electron chi connectivity index (χ4n) is 2.44. The van der Waals surface area contributed by atoms with Gasteiger partial charge in [-0.15, -0.1) is 0 Å². The molecule has 19 heavy (non-hydrogen) atoms. The van der Waals surface area contributed by atoms with E-state index in [1.54, 1.807) is 24.3 Å². The molecule has 96 valence electrons. The van der Waals surface area contributed by atoms with E-state index in [0.29, 0.717) is 23.2 Å². The van der Waals surface area contributed by atoms with Gasteiger partial charge in [-0.2, -0.15) is 0 Å². The van der Waals surface area contributed by atoms with Crippen LogP contribution < -0.4 is 0 Å². The zero-order chi connectivity index (χ0) is 13.4. The van der Waals surface area contributed by atoms with Crippen LogP contribution in [0.1, 0.15) is 27.9 Å². The largest absolute Gasteiger partial charge is 0.494 e. The molecule has 1 aromatic heterocycles. The number of aromatic hydroxyl groups is 2. The lowest BCUT2D eigenvalue weighted by Gasteiger charge is -2.07. The zero-order valence-electron chi connectivity index (χ0n) is 10.2. The number of carbonyl (C=O) groups is 1. The highest BCUT2D eigenvalue weighted by atomic mass is 16.3. The number of hydrogen-bond acceptors (Lipinski definition) is 3. The van der Waals surface area contributed by atoms with Crippen LogP contribution in [-0.4, -0.2) is 21.1 Å². The molecule has 0 aliphatic heterocycles. The Morgan fingerprint density at radius 1 is 1.21 bits per heavy atom. The lowest BCUT2D eigenvalue weighted by Crippen LogP contribution is -1.94. The molecule has 0 spiro atoms. The fraction of sp³-hybridized carbons (Fsp3) is 0.133. The Hall–Kier alpha value is -2.49. The number of aromatic nitrogens is 1. The molecule has 0 saturated heterocycles. The molecule has 1 aliphatic carbocycles. The minimum Gasteiger partial charge on any atom is -0.494 e. The number of fused-ring (bicyclic) bond motifs is 1. The molecule has 1 aromatic carbocycles. The summed E-state index contributed by atoms with van der Waals surface area (Å²) in [7, 11) is 0. The maximum Gasteiger partial charge on any atom is 0.206 e. The second-order valence-electron chi connectivity index (χ2n) is 4.53. The van der Waals surface area contributed by atoms with Crippen molar-refractivity contribution in [2.24, 2.45) is 0 Å². The highest BCUT2D eigenvalue weighted by molar-refractivity contribution is 5.76. The molecule has 4 heteroatoms. The smallest absolute Gasteiger partial charge is 0.206 e. The molecule has 0 radical (unpaired) electrons. The molecule has 2 aromatic rings. The zero-order valence-corrected chi connectivity index (χ0v) is 10.2. The minimum absolute atomic E-state index is 0.00602. The predicted molar refractivity (Wildman–Crippen MR) is 71.8 cm³/mol. The lowest BCUT2D eigenvalue weighted by atomic mass is 10.0. The van der Waals surface area contributed by atoms with Gasteiger partial charge in [0.15, 0.2) is 0 Å². The molecule has 3 rings (SSSR count). The summed E-state index contributed by atoms with van der Waals surface area (Å²) in [4.78, 5) is 10.8. The summed E-state index contributed by atoms with van der Waals surface area (Å²) >= 11 is 0. The maximum absolute atomic E-state index is 10.8. The van der Waals surface area contributed by atoms with Crippen LogP contribution in [0.2, 0.25) is 0 Å². The second-order valence-corrected chi connectivity index (χ2v) is 4.53. The molecule has 1 heterocycles. The van der Waals surface area contributed by atoms with E-state index in [4.69, 9.17) is 0 Å². The number of nitrogens with zero attached hydrogens (tertiary/aromatic N) is 1. The van der Waals surface area contributed by atoms with Crippen molar-refractivity contribution in [1.82, 2.24) is 4.57 Å². The van der Waals surface area contributed by atoms with Crippen molar-refractivity contribution >= 4 is 12.4 Å². The van der Waals surface area contributed by atoms with E-state index in [-0.39, 0.29) is 11.8 Å². The Balaban J connectivity index is 2.23. The second kappa shape index (κ2) is 4.31. The van der Waals surface area contributed by atoms with Gasteiger partial charge >= 0.3 is 0 Å². The third-order valence-electron chi connectivity index (χ3n) is 3.37. The van der Waals surface area contributed by atoms with Crippen LogP contribution in [0, 0.1) is 0 Å². The minimum atomic E-state index is 0.00602. The van der Waals surface area contributed by atoms with Crippen LogP contribution in [0.4, 0.5) is 0 Å². The van der Waals surface area contributed by atoms with Crippen molar-refractivity contribution < 1.29 is 15.0 Å². The summed E-state index contributed by atoms with van der Waals surface area (Å²) in [6.07, 6.45) is 6.06. The summed E-state index contributed by atoms with van der Waals surface area (Å²) < 4.78 is 1.37. The molecule has 2 N–H and O–H groups in total. The van der Waals surface area contributed by atoms with Crippen LogP contribution in [0.5, 0.6) is 11.8 Å². The molecule has 0 bridgehead atoms. The first-order valence-corrected chi connectivity index (χ1v) is 6.10. The SMILES string of the molecule is O=Cc1cccc(-n2c(O)c3c(c2O)CCC=C3)c1. The summed E-state index contributed by atoms with van der Waals surface area (Å²) in [6.45, 7) is 0. The van der Waals surface area contributed by atoms with E-state index in [1.165, 1.54) is 4.57 Å². The molecule has 0 unspecified atom stereocenters. The van der Waals surface area contributed by atoms with Crippen molar-refractivity contribution in [3.8, 4) is 17.4 Å². The van der Waals surface area contributed by atoms with Crippen LogP contribution in [0.25, 0.3) is 11.8 Å². The topological polar surface area (TPSA) is 62.5 Å². The third-order valence-corrected chi connectivity index (χ3v) is 3.37. The van der Waals surface area contributed by atoms with Gasteiger partial charge in [0.1, 0.15) is 6.29 Å². The van der Waals surface area contributed by atoms with Gasteiger partial charge in [-0.25, -0.2) is 0 Å². The van der Waals surface area contributed by atoms with Crippen LogP contribution in [0.3, 0.4) is 0 Å². The van der Waals surface area contributed by atoms with Crippen LogP contribution in [0.15, 0.2) is 30.3 Å². The molecule has 4 nitrogen and oxygen atoms in total. The van der Waals surface area contributed by atoms with E-state index in [2.05, 4.69) is 0 Å². The number of allylic oxidation sites excluding steroid dienone is 1. The van der Waals surface area contributed by atoms with Gasteiger partial charge in [-0.3, -0.25) is 9.36 Å². The van der Waals surface area contributed by atoms with Gasteiger partial charge in [0.05, 0.1) is 5.69 Å². The van der Waals surface area contributed by atoms with E-state index < -0.39 is 0 Å². The van der Waals surface area contributed by atoms with Crippen molar-refractivity contribution in [1.29, 1.82) is 0 Å². The van der Waals surface area contributed by atoms with Crippen molar-refractivity contribution in [3.63, 3.8) is 0 Å². The number of hydrogen-bond donors (Lipinski definition) is 2. The molecule has 0 saturated carbocycles. The van der Waals surface area contributed by atoms with Crippen molar-refractivity contribution in [2.75, 3.05) is 0 Å². The highest BCUT2D eigenvalue weighted by Gasteiger charge is 2.22. The van der Waals surface area contributed by atoms with Gasteiger partial charge in [-0.05, 0) is 25.0 Å². The van der Waals surface area contributed by atoms with Crippen molar-refractivity contribution in [3.05, 3.63) is 47.0 Å². The number of rotatable bonds is 2. The molecular formula is C15H13NO3. The first-order chi connectivity index (χ1) is 9.22. The Kier molecular flexibility index (Phi) is 2.63. The number of aldehydes is 1. The Morgan fingerprint density at radius 2 is 2.05 bits per heavy atom. The summed E-state index contributed by atoms with van der Waals surface area (Å²) in [5, 5.41) is 20.5. The van der Waals surface area contributed by atoms with Gasteiger partial charge in [0.25, 0.3) is 0 Å². The maximum atomic E-state index is 10.8. The Labute approximate surface area is 110 Å². The predicted octanol–water partition coefficient (Wildman–Crippen LogP) is 2.66. The summed E-state index contributed by atoms with van der Waals surface area (Å²) in [5.74, 6) is 0.0476. The average molecular weight is 255 g/mol. The number of carbonyl (C=O) groups excluding carboxylic acids is 1. The van der Waals surface area contributed by atoms with Gasteiger partial charge in [-0.1, -0.05) is 24.3 Å². The monoisotopic (exact) mass is 255 g/mol. The van der Waals surface area contributed by atoms with E-state index in [9.17, 15) is 15.0 Å². The summed E-state index contributed by atoms with van der Waals surface area (Å²) in [5.41, 5.74) is 2.47. The van der Waals surface area contributed by atoms with Crippen LogP contribution >= 0.6 is 0 Å². The number of benzene rings is 1. The van der Waals surface area contributed by atoms with E-state index in [1.807, 2.05) is 12.2 Å². The molecular weight excluding hydrogens is 242 g/mol. The van der Waals surface area contributed by atoms with E-state index >= 15 is 0 Å². The molecule has 0 atom stereocenters. The Bertz CT molecular complexity index is 683. The Morgan fingerprint density at radius 3 is 2.79 bits per heavy atom. The fourth-order valence-corrected chi connectivity index (χ4v) is 2.44. The molecule has 0 fully saturated rings. The van der Waals surface area contributed by atoms with Gasteiger partial charge in [0, 0.05) is 16.7 Å². The molecule has 1 aliphatic rings. The first kappa shape index (κ1) is 11.6. The van der Waals surface area contributed by atoms with E-state index in [0.717, 1.165) is 18.3 Å². The molecule has 0 amide bonds.